The molecule has 2 aliphatic heterocycles. The molecule has 0 aromatic carbocycles. The number of fused-ring (bicyclic) bond motifs is 1. The van der Waals surface area contributed by atoms with E-state index in [0.717, 1.165) is 11.8 Å². The zero-order valence-corrected chi connectivity index (χ0v) is 8.43. The van der Waals surface area contributed by atoms with E-state index in [1.54, 1.807) is 0 Å². The molecule has 2 fully saturated rings. The first-order valence-electron chi connectivity index (χ1n) is 5.03. The van der Waals surface area contributed by atoms with Gasteiger partial charge in [0.1, 0.15) is 0 Å². The van der Waals surface area contributed by atoms with Gasteiger partial charge in [-0.2, -0.15) is 0 Å². The second-order valence-electron chi connectivity index (χ2n) is 5.25. The molecule has 12 heavy (non-hydrogen) atoms. The summed E-state index contributed by atoms with van der Waals surface area (Å²) in [5.41, 5.74) is 0.379. The minimum Gasteiger partial charge on any atom is -0.316 e. The van der Waals surface area contributed by atoms with Crippen LogP contribution in [0.1, 0.15) is 20.8 Å². The molecule has 0 aromatic heterocycles. The highest BCUT2D eigenvalue weighted by Crippen LogP contribution is 2.30. The summed E-state index contributed by atoms with van der Waals surface area (Å²) in [6.45, 7) is 12.1. The molecule has 2 nitrogen and oxygen atoms in total. The van der Waals surface area contributed by atoms with Gasteiger partial charge < -0.3 is 5.32 Å². The number of hydrogen-bond acceptors (Lipinski definition) is 2. The van der Waals surface area contributed by atoms with Crippen molar-refractivity contribution in [3.63, 3.8) is 0 Å². The molecule has 0 spiro atoms. The van der Waals surface area contributed by atoms with E-state index in [9.17, 15) is 0 Å². The molecule has 2 rings (SSSR count). The fourth-order valence-electron chi connectivity index (χ4n) is 2.40. The lowest BCUT2D eigenvalue weighted by molar-refractivity contribution is 0.162. The van der Waals surface area contributed by atoms with Crippen LogP contribution in [0.15, 0.2) is 0 Å². The zero-order valence-electron chi connectivity index (χ0n) is 8.43. The van der Waals surface area contributed by atoms with E-state index < -0.39 is 0 Å². The van der Waals surface area contributed by atoms with Crippen molar-refractivity contribution in [1.82, 2.24) is 10.2 Å². The third-order valence-electron chi connectivity index (χ3n) is 3.34. The highest BCUT2D eigenvalue weighted by atomic mass is 15.2. The largest absolute Gasteiger partial charge is 0.316 e. The molecule has 2 saturated heterocycles. The van der Waals surface area contributed by atoms with Crippen molar-refractivity contribution >= 4 is 0 Å². The summed E-state index contributed by atoms with van der Waals surface area (Å²) in [5, 5.41) is 3.47. The van der Waals surface area contributed by atoms with Gasteiger partial charge in [-0.1, -0.05) is 0 Å². The summed E-state index contributed by atoms with van der Waals surface area (Å²) in [5.74, 6) is 1.87. The molecule has 0 aromatic rings. The predicted molar refractivity (Wildman–Crippen MR) is 51.2 cm³/mol. The van der Waals surface area contributed by atoms with Crippen molar-refractivity contribution in [1.29, 1.82) is 0 Å². The molecule has 2 atom stereocenters. The normalized spacial score (nSPS) is 37.2. The molecule has 2 heteroatoms. The van der Waals surface area contributed by atoms with Crippen molar-refractivity contribution in [3.05, 3.63) is 0 Å². The van der Waals surface area contributed by atoms with Crippen LogP contribution in [0.25, 0.3) is 0 Å². The Bertz CT molecular complexity index is 159. The summed E-state index contributed by atoms with van der Waals surface area (Å²) in [6.07, 6.45) is 0. The summed E-state index contributed by atoms with van der Waals surface area (Å²) < 4.78 is 0. The molecular weight excluding hydrogens is 148 g/mol. The smallest absolute Gasteiger partial charge is 0.0125 e. The van der Waals surface area contributed by atoms with Gasteiger partial charge in [-0.25, -0.2) is 0 Å². The molecule has 0 saturated carbocycles. The molecule has 2 aliphatic rings. The predicted octanol–water partition coefficient (Wildman–Crippen LogP) is 0.936. The summed E-state index contributed by atoms with van der Waals surface area (Å²) in [4.78, 5) is 2.63. The fourth-order valence-corrected chi connectivity index (χ4v) is 2.40. The maximum atomic E-state index is 3.47. The van der Waals surface area contributed by atoms with Crippen LogP contribution in [0.3, 0.4) is 0 Å². The Morgan fingerprint density at radius 2 is 1.58 bits per heavy atom. The quantitative estimate of drug-likeness (QED) is 0.579. The number of rotatable bonds is 0. The minimum atomic E-state index is 0.379. The van der Waals surface area contributed by atoms with Gasteiger partial charge in [-0.05, 0) is 45.7 Å². The van der Waals surface area contributed by atoms with Gasteiger partial charge in [0.05, 0.1) is 0 Å². The van der Waals surface area contributed by atoms with E-state index in [-0.39, 0.29) is 0 Å². The Kier molecular flexibility index (Phi) is 1.92. The van der Waals surface area contributed by atoms with Crippen molar-refractivity contribution in [2.75, 3.05) is 26.2 Å². The monoisotopic (exact) mass is 168 g/mol. The van der Waals surface area contributed by atoms with E-state index in [1.165, 1.54) is 26.2 Å². The second kappa shape index (κ2) is 2.71. The highest BCUT2D eigenvalue weighted by Gasteiger charge is 2.39. The maximum Gasteiger partial charge on any atom is 0.0125 e. The van der Waals surface area contributed by atoms with Crippen molar-refractivity contribution in [2.24, 2.45) is 11.8 Å². The number of nitrogens with zero attached hydrogens (tertiary/aromatic N) is 1. The first-order valence-corrected chi connectivity index (χ1v) is 5.03. The Hall–Kier alpha value is -0.0800. The Morgan fingerprint density at radius 3 is 2.00 bits per heavy atom. The van der Waals surface area contributed by atoms with Gasteiger partial charge in [-0.15, -0.1) is 0 Å². The van der Waals surface area contributed by atoms with Gasteiger partial charge >= 0.3 is 0 Å². The van der Waals surface area contributed by atoms with Crippen LogP contribution in [0.5, 0.6) is 0 Å². The third kappa shape index (κ3) is 1.38. The summed E-state index contributed by atoms with van der Waals surface area (Å²) in [7, 11) is 0. The van der Waals surface area contributed by atoms with Crippen molar-refractivity contribution in [2.45, 2.75) is 26.3 Å². The number of nitrogens with one attached hydrogen (secondary N) is 1. The molecule has 0 bridgehead atoms. The lowest BCUT2D eigenvalue weighted by atomic mass is 10.0. The van der Waals surface area contributed by atoms with E-state index in [4.69, 9.17) is 0 Å². The zero-order chi connectivity index (χ0) is 8.77. The average Bonchev–Trinajstić information content (AvgIpc) is 2.37. The molecule has 0 radical (unpaired) electrons. The molecule has 0 amide bonds. The molecule has 0 unspecified atom stereocenters. The lowest BCUT2D eigenvalue weighted by Gasteiger charge is -2.32. The van der Waals surface area contributed by atoms with Gasteiger partial charge in [0.15, 0.2) is 0 Å². The second-order valence-corrected chi connectivity index (χ2v) is 5.25. The van der Waals surface area contributed by atoms with Gasteiger partial charge in [0, 0.05) is 18.6 Å². The first-order chi connectivity index (χ1) is 5.57. The highest BCUT2D eigenvalue weighted by molar-refractivity contribution is 4.94. The first kappa shape index (κ1) is 8.52. The van der Waals surface area contributed by atoms with Gasteiger partial charge in [0.2, 0.25) is 0 Å². The van der Waals surface area contributed by atoms with E-state index in [2.05, 4.69) is 31.0 Å². The van der Waals surface area contributed by atoms with E-state index in [0.29, 0.717) is 5.54 Å². The average molecular weight is 168 g/mol. The topological polar surface area (TPSA) is 15.3 Å². The van der Waals surface area contributed by atoms with Crippen LogP contribution in [-0.2, 0) is 0 Å². The van der Waals surface area contributed by atoms with Gasteiger partial charge in [0.25, 0.3) is 0 Å². The lowest BCUT2D eigenvalue weighted by Crippen LogP contribution is -2.41. The molecular formula is C10H20N2. The molecule has 2 heterocycles. The third-order valence-corrected chi connectivity index (χ3v) is 3.34. The van der Waals surface area contributed by atoms with Crippen LogP contribution in [0, 0.1) is 11.8 Å². The SMILES string of the molecule is CC(C)(C)N1C[C@H]2CNC[C@H]2C1. The molecule has 1 N–H and O–H groups in total. The van der Waals surface area contributed by atoms with Crippen LogP contribution in [0.2, 0.25) is 0 Å². The fraction of sp³-hybridized carbons (Fsp3) is 1.00. The van der Waals surface area contributed by atoms with Crippen LogP contribution in [0.4, 0.5) is 0 Å². The number of hydrogen-bond donors (Lipinski definition) is 1. The van der Waals surface area contributed by atoms with Crippen LogP contribution < -0.4 is 5.32 Å². The van der Waals surface area contributed by atoms with E-state index >= 15 is 0 Å². The van der Waals surface area contributed by atoms with Crippen LogP contribution in [-0.4, -0.2) is 36.6 Å². The Balaban J connectivity index is 1.99. The number of likely N-dealkylation sites (tertiary alicyclic amines) is 1. The Morgan fingerprint density at radius 1 is 1.08 bits per heavy atom. The van der Waals surface area contributed by atoms with E-state index in [1.807, 2.05) is 0 Å². The summed E-state index contributed by atoms with van der Waals surface area (Å²) >= 11 is 0. The van der Waals surface area contributed by atoms with Gasteiger partial charge in [-0.3, -0.25) is 4.90 Å². The molecule has 70 valence electrons. The standard InChI is InChI=1S/C10H20N2/c1-10(2,3)12-6-8-4-11-5-9(8)7-12/h8-9,11H,4-7H2,1-3H3/t8-,9+. The van der Waals surface area contributed by atoms with Crippen molar-refractivity contribution in [3.8, 4) is 0 Å². The van der Waals surface area contributed by atoms with Crippen molar-refractivity contribution < 1.29 is 0 Å². The maximum absolute atomic E-state index is 3.47. The molecule has 0 aliphatic carbocycles. The Labute approximate surface area is 75.3 Å². The summed E-state index contributed by atoms with van der Waals surface area (Å²) in [6, 6.07) is 0. The van der Waals surface area contributed by atoms with Crippen LogP contribution >= 0.6 is 0 Å². The minimum absolute atomic E-state index is 0.379.